The van der Waals surface area contributed by atoms with Gasteiger partial charge < -0.3 is 20.4 Å². The number of alkyl halides is 2. The number of hydrogen-bond donors (Lipinski definition) is 4. The molecule has 0 aliphatic heterocycles. The molecule has 1 aromatic rings. The van der Waals surface area contributed by atoms with Gasteiger partial charge in [0, 0.05) is 0 Å². The van der Waals surface area contributed by atoms with Gasteiger partial charge in [0.25, 0.3) is 12.7 Å². The molecule has 6 nitrogen and oxygen atoms in total. The highest BCUT2D eigenvalue weighted by Gasteiger charge is 2.10. The zero-order valence-electron chi connectivity index (χ0n) is 8.83. The van der Waals surface area contributed by atoms with E-state index in [0.717, 1.165) is 0 Å². The van der Waals surface area contributed by atoms with E-state index >= 15 is 0 Å². The molecule has 1 aromatic carbocycles. The summed E-state index contributed by atoms with van der Waals surface area (Å²) in [6.45, 7) is 0. The number of benzene rings is 1. The fourth-order valence-corrected chi connectivity index (χ4v) is 0.755. The van der Waals surface area contributed by atoms with Crippen molar-refractivity contribution in [3.8, 4) is 0 Å². The second kappa shape index (κ2) is 7.30. The van der Waals surface area contributed by atoms with Crippen LogP contribution in [0.4, 0.5) is 8.78 Å². The lowest BCUT2D eigenvalue weighted by Gasteiger charge is -1.95. The molecule has 0 saturated carbocycles. The molecule has 18 heavy (non-hydrogen) atoms. The summed E-state index contributed by atoms with van der Waals surface area (Å²) >= 11 is 0. The van der Waals surface area contributed by atoms with Crippen LogP contribution in [0.15, 0.2) is 24.3 Å². The molecule has 8 heteroatoms. The van der Waals surface area contributed by atoms with Crippen molar-refractivity contribution >= 4 is 11.9 Å². The fraction of sp³-hybridized carbons (Fsp3) is 0.200. The lowest BCUT2D eigenvalue weighted by atomic mass is 10.1. The third-order valence-corrected chi connectivity index (χ3v) is 1.61. The third-order valence-electron chi connectivity index (χ3n) is 1.61. The summed E-state index contributed by atoms with van der Waals surface area (Å²) in [4.78, 5) is 20.7. The van der Waals surface area contributed by atoms with Crippen LogP contribution in [0.1, 0.15) is 20.7 Å². The molecule has 0 heterocycles. The average Bonchev–Trinajstić information content (AvgIpc) is 2.29. The van der Waals surface area contributed by atoms with Crippen LogP contribution >= 0.6 is 0 Å². The number of hydrogen-bond acceptors (Lipinski definition) is 4. The Kier molecular flexibility index (Phi) is 6.47. The van der Waals surface area contributed by atoms with E-state index < -0.39 is 24.7 Å². The molecule has 0 fully saturated rings. The highest BCUT2D eigenvalue weighted by molar-refractivity contribution is 5.91. The Hall–Kier alpha value is -2.06. The van der Waals surface area contributed by atoms with Crippen LogP contribution in [0.2, 0.25) is 0 Å². The summed E-state index contributed by atoms with van der Waals surface area (Å²) in [6.07, 6.45) is -5.52. The third kappa shape index (κ3) is 5.87. The molecule has 2 atom stereocenters. The highest BCUT2D eigenvalue weighted by atomic mass is 19.2. The molecular formula is C10H10F2O6. The lowest BCUT2D eigenvalue weighted by Crippen LogP contribution is -2.14. The molecular weight excluding hydrogens is 254 g/mol. The van der Waals surface area contributed by atoms with Crippen LogP contribution < -0.4 is 0 Å². The van der Waals surface area contributed by atoms with Crippen molar-refractivity contribution in [3.63, 3.8) is 0 Å². The van der Waals surface area contributed by atoms with Crippen molar-refractivity contribution in [3.05, 3.63) is 35.4 Å². The number of rotatable bonds is 3. The zero-order chi connectivity index (χ0) is 14.3. The van der Waals surface area contributed by atoms with E-state index in [9.17, 15) is 18.4 Å². The van der Waals surface area contributed by atoms with Crippen LogP contribution in [0, 0.1) is 0 Å². The molecule has 0 spiro atoms. The van der Waals surface area contributed by atoms with Gasteiger partial charge in [0.2, 0.25) is 0 Å². The van der Waals surface area contributed by atoms with Gasteiger partial charge >= 0.3 is 11.9 Å². The SMILES string of the molecule is O=C(O)c1ccc(C(=O)O)cc1.OC(F)C(O)F. The molecule has 0 radical (unpaired) electrons. The van der Waals surface area contributed by atoms with Crippen molar-refractivity contribution in [2.45, 2.75) is 12.7 Å². The quantitative estimate of drug-likeness (QED) is 0.637. The summed E-state index contributed by atoms with van der Waals surface area (Å²) in [6, 6.07) is 5.02. The first-order chi connectivity index (χ1) is 8.25. The van der Waals surface area contributed by atoms with E-state index in [-0.39, 0.29) is 11.1 Å². The smallest absolute Gasteiger partial charge is 0.335 e. The molecule has 2 unspecified atom stereocenters. The van der Waals surface area contributed by atoms with Crippen LogP contribution in [-0.4, -0.2) is 45.1 Å². The number of aliphatic hydroxyl groups is 2. The Morgan fingerprint density at radius 2 is 1.06 bits per heavy atom. The predicted molar refractivity (Wildman–Crippen MR) is 54.6 cm³/mol. The van der Waals surface area contributed by atoms with Gasteiger partial charge in [-0.15, -0.1) is 0 Å². The molecule has 0 aliphatic rings. The summed E-state index contributed by atoms with van der Waals surface area (Å²) in [5.41, 5.74) is 0.167. The Morgan fingerprint density at radius 3 is 1.17 bits per heavy atom. The van der Waals surface area contributed by atoms with Crippen LogP contribution in [-0.2, 0) is 0 Å². The normalized spacial score (nSPS) is 12.9. The number of carbonyl (C=O) groups is 2. The number of aromatic carboxylic acids is 2. The minimum absolute atomic E-state index is 0.0833. The van der Waals surface area contributed by atoms with E-state index in [1.165, 1.54) is 24.3 Å². The second-order valence-corrected chi connectivity index (χ2v) is 2.93. The number of aliphatic hydroxyl groups excluding tert-OH is 2. The van der Waals surface area contributed by atoms with Gasteiger partial charge in [-0.3, -0.25) is 0 Å². The first kappa shape index (κ1) is 15.9. The van der Waals surface area contributed by atoms with Crippen molar-refractivity contribution in [2.24, 2.45) is 0 Å². The van der Waals surface area contributed by atoms with Gasteiger partial charge in [-0.25, -0.2) is 18.4 Å². The Balaban J connectivity index is 0.000000411. The predicted octanol–water partition coefficient (Wildman–Crippen LogP) is 0.645. The van der Waals surface area contributed by atoms with E-state index in [2.05, 4.69) is 0 Å². The first-order valence-electron chi connectivity index (χ1n) is 4.46. The summed E-state index contributed by atoms with van der Waals surface area (Å²) in [5.74, 6) is -2.13. The Morgan fingerprint density at radius 1 is 0.833 bits per heavy atom. The summed E-state index contributed by atoms with van der Waals surface area (Å²) < 4.78 is 21.5. The lowest BCUT2D eigenvalue weighted by molar-refractivity contribution is -0.128. The highest BCUT2D eigenvalue weighted by Crippen LogP contribution is 2.03. The standard InChI is InChI=1S/C8H6O4.C2H4F2O2/c9-7(10)5-1-2-6(4-3-5)8(11)12;3-1(5)2(4)6/h1-4H,(H,9,10)(H,11,12);1-2,5-6H. The largest absolute Gasteiger partial charge is 0.478 e. The van der Waals surface area contributed by atoms with Crippen LogP contribution in [0.3, 0.4) is 0 Å². The van der Waals surface area contributed by atoms with E-state index in [4.69, 9.17) is 20.4 Å². The van der Waals surface area contributed by atoms with Crippen LogP contribution in [0.25, 0.3) is 0 Å². The maximum Gasteiger partial charge on any atom is 0.335 e. The number of halogens is 2. The molecule has 100 valence electrons. The zero-order valence-corrected chi connectivity index (χ0v) is 8.83. The van der Waals surface area contributed by atoms with Gasteiger partial charge in [-0.1, -0.05) is 0 Å². The van der Waals surface area contributed by atoms with Gasteiger partial charge in [0.1, 0.15) is 0 Å². The van der Waals surface area contributed by atoms with E-state index in [1.54, 1.807) is 0 Å². The summed E-state index contributed by atoms with van der Waals surface area (Å²) in [7, 11) is 0. The van der Waals surface area contributed by atoms with E-state index in [0.29, 0.717) is 0 Å². The molecule has 0 aromatic heterocycles. The Bertz CT molecular complexity index is 362. The van der Waals surface area contributed by atoms with Crippen molar-refractivity contribution in [1.29, 1.82) is 0 Å². The molecule has 0 amide bonds. The molecule has 0 aliphatic carbocycles. The van der Waals surface area contributed by atoms with Gasteiger partial charge in [0.15, 0.2) is 0 Å². The van der Waals surface area contributed by atoms with Gasteiger partial charge in [-0.2, -0.15) is 0 Å². The fourth-order valence-electron chi connectivity index (χ4n) is 0.755. The average molecular weight is 264 g/mol. The van der Waals surface area contributed by atoms with Crippen molar-refractivity contribution in [1.82, 2.24) is 0 Å². The van der Waals surface area contributed by atoms with Crippen molar-refractivity contribution < 1.29 is 38.8 Å². The number of carboxylic acid groups (broad SMARTS) is 2. The summed E-state index contributed by atoms with van der Waals surface area (Å²) in [5, 5.41) is 31.6. The number of carboxylic acids is 2. The maximum atomic E-state index is 10.8. The minimum Gasteiger partial charge on any atom is -0.478 e. The Labute approximate surface area is 99.7 Å². The molecule has 0 bridgehead atoms. The monoisotopic (exact) mass is 264 g/mol. The van der Waals surface area contributed by atoms with Crippen LogP contribution in [0.5, 0.6) is 0 Å². The minimum atomic E-state index is -2.76. The molecule has 0 saturated heterocycles. The first-order valence-corrected chi connectivity index (χ1v) is 4.46. The molecule has 4 N–H and O–H groups in total. The molecule has 1 rings (SSSR count). The van der Waals surface area contributed by atoms with Gasteiger partial charge in [-0.05, 0) is 24.3 Å². The second-order valence-electron chi connectivity index (χ2n) is 2.93. The topological polar surface area (TPSA) is 115 Å². The van der Waals surface area contributed by atoms with Crippen molar-refractivity contribution in [2.75, 3.05) is 0 Å². The van der Waals surface area contributed by atoms with Gasteiger partial charge in [0.05, 0.1) is 11.1 Å². The maximum absolute atomic E-state index is 10.8. The van der Waals surface area contributed by atoms with E-state index in [1.807, 2.05) is 0 Å².